The van der Waals surface area contributed by atoms with Gasteiger partial charge in [0.15, 0.2) is 12.1 Å². The second-order valence-corrected chi connectivity index (χ2v) is 3.56. The lowest BCUT2D eigenvalue weighted by Gasteiger charge is -1.99. The van der Waals surface area contributed by atoms with E-state index in [1.54, 1.807) is 18.7 Å². The van der Waals surface area contributed by atoms with E-state index in [9.17, 15) is 4.79 Å². The maximum Gasteiger partial charge on any atom is 0.196 e. The Morgan fingerprint density at radius 1 is 1.31 bits per heavy atom. The number of nitrogens with zero attached hydrogens (tertiary/aromatic N) is 6. The summed E-state index contributed by atoms with van der Waals surface area (Å²) in [6.07, 6.45) is 0.818. The molecule has 0 fully saturated rings. The lowest BCUT2D eigenvalue weighted by Crippen LogP contribution is -2.06. The predicted molar refractivity (Wildman–Crippen MR) is 55.0 cm³/mol. The second-order valence-electron chi connectivity index (χ2n) is 3.56. The molecule has 0 bridgehead atoms. The molecule has 0 unspecified atom stereocenters. The number of rotatable bonds is 3. The summed E-state index contributed by atoms with van der Waals surface area (Å²) in [4.78, 5) is 12.2. The van der Waals surface area contributed by atoms with Gasteiger partial charge in [-0.05, 0) is 19.1 Å². The zero-order valence-corrected chi connectivity index (χ0v) is 9.38. The van der Waals surface area contributed by atoms with Gasteiger partial charge in [0.05, 0.1) is 18.3 Å². The van der Waals surface area contributed by atoms with Crippen molar-refractivity contribution in [2.75, 3.05) is 0 Å². The first-order valence-electron chi connectivity index (χ1n) is 4.84. The number of aldehydes is 1. The molecular formula is C9H12N6O. The Morgan fingerprint density at radius 2 is 2.06 bits per heavy atom. The van der Waals surface area contributed by atoms with Crippen molar-refractivity contribution in [3.05, 3.63) is 22.8 Å². The fourth-order valence-corrected chi connectivity index (χ4v) is 1.56. The van der Waals surface area contributed by atoms with Crippen molar-refractivity contribution in [3.63, 3.8) is 0 Å². The van der Waals surface area contributed by atoms with Gasteiger partial charge in [-0.1, -0.05) is 0 Å². The molecular weight excluding hydrogens is 208 g/mol. The highest BCUT2D eigenvalue weighted by atomic mass is 16.1. The van der Waals surface area contributed by atoms with Gasteiger partial charge in [0.1, 0.15) is 6.54 Å². The molecule has 0 amide bonds. The number of aromatic nitrogens is 6. The standard InChI is InChI=1S/C9H12N6O/c1-6-8(5-16)7(2)15(11-6)4-9-10-13-14(3)12-9/h5H,4H2,1-3H3. The SMILES string of the molecule is Cc1nn(Cc2nnn(C)n2)c(C)c1C=O. The predicted octanol–water partition coefficient (Wildman–Crippen LogP) is -0.116. The van der Waals surface area contributed by atoms with Crippen molar-refractivity contribution >= 4 is 6.29 Å². The Hall–Kier alpha value is -2.05. The zero-order chi connectivity index (χ0) is 11.7. The Balaban J connectivity index is 2.31. The molecule has 84 valence electrons. The van der Waals surface area contributed by atoms with Crippen LogP contribution in [0.25, 0.3) is 0 Å². The molecule has 2 aromatic rings. The van der Waals surface area contributed by atoms with Crippen LogP contribution in [0.3, 0.4) is 0 Å². The van der Waals surface area contributed by atoms with Crippen LogP contribution >= 0.6 is 0 Å². The van der Waals surface area contributed by atoms with E-state index in [2.05, 4.69) is 20.5 Å². The van der Waals surface area contributed by atoms with Crippen LogP contribution in [0.15, 0.2) is 0 Å². The van der Waals surface area contributed by atoms with Gasteiger partial charge in [-0.15, -0.1) is 10.2 Å². The maximum absolute atomic E-state index is 10.8. The fourth-order valence-electron chi connectivity index (χ4n) is 1.56. The molecule has 0 radical (unpaired) electrons. The monoisotopic (exact) mass is 220 g/mol. The number of hydrogen-bond donors (Lipinski definition) is 0. The van der Waals surface area contributed by atoms with Crippen LogP contribution in [0.2, 0.25) is 0 Å². The summed E-state index contributed by atoms with van der Waals surface area (Å²) in [7, 11) is 1.70. The third-order valence-corrected chi connectivity index (χ3v) is 2.40. The number of hydrogen-bond acceptors (Lipinski definition) is 5. The molecule has 16 heavy (non-hydrogen) atoms. The van der Waals surface area contributed by atoms with Crippen LogP contribution in [0.4, 0.5) is 0 Å². The first kappa shape index (κ1) is 10.5. The molecule has 2 heterocycles. The Kier molecular flexibility index (Phi) is 2.51. The van der Waals surface area contributed by atoms with E-state index in [0.29, 0.717) is 17.9 Å². The van der Waals surface area contributed by atoms with Gasteiger partial charge in [0, 0.05) is 5.69 Å². The van der Waals surface area contributed by atoms with E-state index in [-0.39, 0.29) is 0 Å². The zero-order valence-electron chi connectivity index (χ0n) is 9.38. The average molecular weight is 220 g/mol. The number of tetrazole rings is 1. The molecule has 0 N–H and O–H groups in total. The summed E-state index contributed by atoms with van der Waals surface area (Å²) in [6, 6.07) is 0. The Bertz CT molecular complexity index is 526. The second kappa shape index (κ2) is 3.84. The highest BCUT2D eigenvalue weighted by Gasteiger charge is 2.12. The maximum atomic E-state index is 10.8. The molecule has 0 aliphatic rings. The molecule has 7 heteroatoms. The van der Waals surface area contributed by atoms with Gasteiger partial charge < -0.3 is 0 Å². The van der Waals surface area contributed by atoms with E-state index < -0.39 is 0 Å². The molecule has 0 aliphatic heterocycles. The molecule has 0 spiro atoms. The van der Waals surface area contributed by atoms with Crippen LogP contribution in [0.5, 0.6) is 0 Å². The number of carbonyl (C=O) groups excluding carboxylic acids is 1. The quantitative estimate of drug-likeness (QED) is 0.674. The molecule has 0 atom stereocenters. The number of aryl methyl sites for hydroxylation is 2. The summed E-state index contributed by atoms with van der Waals surface area (Å²) in [5.41, 5.74) is 2.17. The summed E-state index contributed by atoms with van der Waals surface area (Å²) in [5.74, 6) is 0.575. The highest BCUT2D eigenvalue weighted by Crippen LogP contribution is 2.10. The van der Waals surface area contributed by atoms with Crippen LogP contribution in [-0.2, 0) is 13.6 Å². The summed E-state index contributed by atoms with van der Waals surface area (Å²) in [5, 5.41) is 15.9. The van der Waals surface area contributed by atoms with Gasteiger partial charge in [-0.2, -0.15) is 9.90 Å². The molecule has 2 aromatic heterocycles. The number of carbonyl (C=O) groups is 1. The van der Waals surface area contributed by atoms with Gasteiger partial charge in [0.25, 0.3) is 0 Å². The molecule has 0 saturated heterocycles. The van der Waals surface area contributed by atoms with Crippen molar-refractivity contribution in [3.8, 4) is 0 Å². The van der Waals surface area contributed by atoms with Crippen molar-refractivity contribution in [1.82, 2.24) is 30.0 Å². The molecule has 2 rings (SSSR count). The minimum Gasteiger partial charge on any atom is -0.298 e. The van der Waals surface area contributed by atoms with E-state index >= 15 is 0 Å². The first-order chi connectivity index (χ1) is 7.61. The highest BCUT2D eigenvalue weighted by molar-refractivity contribution is 5.78. The molecule has 0 aromatic carbocycles. The lowest BCUT2D eigenvalue weighted by atomic mass is 10.2. The topological polar surface area (TPSA) is 78.5 Å². The average Bonchev–Trinajstić information content (AvgIpc) is 2.74. The van der Waals surface area contributed by atoms with Crippen LogP contribution < -0.4 is 0 Å². The molecule has 0 aliphatic carbocycles. The van der Waals surface area contributed by atoms with Gasteiger partial charge >= 0.3 is 0 Å². The third kappa shape index (κ3) is 1.71. The molecule has 0 saturated carbocycles. The minimum atomic E-state index is 0.425. The smallest absolute Gasteiger partial charge is 0.196 e. The van der Waals surface area contributed by atoms with E-state index in [4.69, 9.17) is 0 Å². The van der Waals surface area contributed by atoms with E-state index in [1.165, 1.54) is 4.80 Å². The van der Waals surface area contributed by atoms with Crippen LogP contribution in [0, 0.1) is 13.8 Å². The largest absolute Gasteiger partial charge is 0.298 e. The molecule has 7 nitrogen and oxygen atoms in total. The summed E-state index contributed by atoms with van der Waals surface area (Å²) >= 11 is 0. The Morgan fingerprint density at radius 3 is 2.56 bits per heavy atom. The van der Waals surface area contributed by atoms with Crippen LogP contribution in [0.1, 0.15) is 27.6 Å². The van der Waals surface area contributed by atoms with Crippen molar-refractivity contribution < 1.29 is 4.79 Å². The van der Waals surface area contributed by atoms with E-state index in [0.717, 1.165) is 17.7 Å². The summed E-state index contributed by atoms with van der Waals surface area (Å²) in [6.45, 7) is 4.08. The van der Waals surface area contributed by atoms with Gasteiger partial charge in [0.2, 0.25) is 0 Å². The van der Waals surface area contributed by atoms with Gasteiger partial charge in [-0.25, -0.2) is 0 Å². The minimum absolute atomic E-state index is 0.425. The van der Waals surface area contributed by atoms with Gasteiger partial charge in [-0.3, -0.25) is 9.48 Å². The third-order valence-electron chi connectivity index (χ3n) is 2.40. The van der Waals surface area contributed by atoms with E-state index in [1.807, 2.05) is 6.92 Å². The summed E-state index contributed by atoms with van der Waals surface area (Å²) < 4.78 is 1.70. The van der Waals surface area contributed by atoms with Crippen molar-refractivity contribution in [2.45, 2.75) is 20.4 Å². The lowest BCUT2D eigenvalue weighted by molar-refractivity contribution is 0.112. The van der Waals surface area contributed by atoms with Crippen molar-refractivity contribution in [2.24, 2.45) is 7.05 Å². The normalized spacial score (nSPS) is 10.7. The van der Waals surface area contributed by atoms with Crippen molar-refractivity contribution in [1.29, 1.82) is 0 Å². The van der Waals surface area contributed by atoms with Crippen LogP contribution in [-0.4, -0.2) is 36.3 Å². The first-order valence-corrected chi connectivity index (χ1v) is 4.84. The fraction of sp³-hybridized carbons (Fsp3) is 0.444. The Labute approximate surface area is 92.1 Å².